The number of H-pyrrole nitrogens is 1. The molecular formula is C20H21F2N5O3. The predicted molar refractivity (Wildman–Crippen MR) is 105 cm³/mol. The molecular weight excluding hydrogens is 396 g/mol. The fraction of sp³-hybridized carbons (Fsp3) is 0.400. The highest BCUT2D eigenvalue weighted by molar-refractivity contribution is 5.91. The first-order valence-electron chi connectivity index (χ1n) is 9.64. The lowest BCUT2D eigenvalue weighted by Crippen LogP contribution is -2.47. The van der Waals surface area contributed by atoms with Gasteiger partial charge in [-0.3, -0.25) is 4.79 Å². The van der Waals surface area contributed by atoms with Crippen LogP contribution in [0.25, 0.3) is 22.4 Å². The smallest absolute Gasteiger partial charge is 0.309 e. The van der Waals surface area contributed by atoms with Gasteiger partial charge in [-0.05, 0) is 38.7 Å². The zero-order valence-electron chi connectivity index (χ0n) is 16.2. The maximum Gasteiger partial charge on any atom is 0.309 e. The topological polar surface area (TPSA) is 124 Å². The second-order valence-corrected chi connectivity index (χ2v) is 7.74. The quantitative estimate of drug-likeness (QED) is 0.503. The molecule has 3 atom stereocenters. The third-order valence-electron chi connectivity index (χ3n) is 5.76. The molecule has 0 aromatic carbocycles. The first kappa shape index (κ1) is 20.1. The normalized spacial score (nSPS) is 22.7. The number of nitrogens with zero attached hydrogens (tertiary/aromatic N) is 3. The number of hydrogen-bond acceptors (Lipinski definition) is 6. The lowest BCUT2D eigenvalue weighted by molar-refractivity contribution is -0.153. The molecule has 3 aromatic rings. The lowest BCUT2D eigenvalue weighted by Gasteiger charge is -2.39. The summed E-state index contributed by atoms with van der Waals surface area (Å²) in [6.07, 6.45) is 5.43. The Bertz CT molecular complexity index is 1110. The molecule has 10 heteroatoms. The number of anilines is 1. The minimum atomic E-state index is -1.38. The molecule has 0 saturated heterocycles. The van der Waals surface area contributed by atoms with Crippen LogP contribution < -0.4 is 5.32 Å². The van der Waals surface area contributed by atoms with Crippen molar-refractivity contribution in [3.8, 4) is 11.4 Å². The second kappa shape index (κ2) is 7.60. The molecule has 0 amide bonds. The van der Waals surface area contributed by atoms with Gasteiger partial charge in [-0.2, -0.15) is 0 Å². The Morgan fingerprint density at radius 2 is 2.17 bits per heavy atom. The van der Waals surface area contributed by atoms with Crippen LogP contribution in [0.3, 0.4) is 0 Å². The number of pyridine rings is 1. The number of fused-ring (bicyclic) bond motifs is 1. The number of nitrogens with one attached hydrogen (secondary N) is 2. The fourth-order valence-electron chi connectivity index (χ4n) is 3.99. The van der Waals surface area contributed by atoms with E-state index in [1.54, 1.807) is 6.20 Å². The Kier molecular flexibility index (Phi) is 5.10. The molecule has 1 fully saturated rings. The molecule has 1 aliphatic rings. The number of aliphatic carboxylic acids is 1. The average Bonchev–Trinajstić information content (AvgIpc) is 3.12. The molecule has 4 rings (SSSR count). The van der Waals surface area contributed by atoms with Crippen LogP contribution in [-0.4, -0.2) is 47.8 Å². The Morgan fingerprint density at radius 3 is 2.93 bits per heavy atom. The summed E-state index contributed by atoms with van der Waals surface area (Å²) in [5, 5.41) is 23.5. The van der Waals surface area contributed by atoms with Crippen molar-refractivity contribution < 1.29 is 23.8 Å². The molecule has 1 saturated carbocycles. The standard InChI is InChI=1S/C20H21F2N5O3/c1-10(19(28)29)20(30)4-2-3-12(6-20)26-18-15(22)9-25-17(27-18)14-8-24-16-13(14)5-11(21)7-23-16/h5,7-10,12,30H,2-4,6H2,1H3,(H,23,24)(H,28,29)(H,25,26,27). The van der Waals surface area contributed by atoms with Crippen LogP contribution >= 0.6 is 0 Å². The van der Waals surface area contributed by atoms with Crippen LogP contribution in [0.4, 0.5) is 14.6 Å². The van der Waals surface area contributed by atoms with Crippen LogP contribution in [-0.2, 0) is 4.79 Å². The van der Waals surface area contributed by atoms with E-state index in [2.05, 4.69) is 25.3 Å². The van der Waals surface area contributed by atoms with Gasteiger partial charge in [0.1, 0.15) is 11.5 Å². The van der Waals surface area contributed by atoms with Gasteiger partial charge in [0.25, 0.3) is 0 Å². The summed E-state index contributed by atoms with van der Waals surface area (Å²) in [5.74, 6) is -3.09. The number of aliphatic hydroxyl groups is 1. The number of carbonyl (C=O) groups is 1. The van der Waals surface area contributed by atoms with Gasteiger partial charge >= 0.3 is 5.97 Å². The summed E-state index contributed by atoms with van der Waals surface area (Å²) >= 11 is 0. The van der Waals surface area contributed by atoms with E-state index in [0.29, 0.717) is 35.9 Å². The monoisotopic (exact) mass is 417 g/mol. The van der Waals surface area contributed by atoms with Crippen LogP contribution in [0, 0.1) is 17.6 Å². The van der Waals surface area contributed by atoms with E-state index in [1.807, 2.05) is 0 Å². The highest BCUT2D eigenvalue weighted by Gasteiger charge is 2.42. The van der Waals surface area contributed by atoms with Crippen molar-refractivity contribution in [3.63, 3.8) is 0 Å². The maximum absolute atomic E-state index is 14.4. The van der Waals surface area contributed by atoms with Gasteiger partial charge in [0.15, 0.2) is 17.5 Å². The zero-order chi connectivity index (χ0) is 21.5. The summed E-state index contributed by atoms with van der Waals surface area (Å²) in [6.45, 7) is 1.47. The minimum Gasteiger partial charge on any atom is -0.481 e. The molecule has 0 aliphatic heterocycles. The van der Waals surface area contributed by atoms with Crippen molar-refractivity contribution in [2.24, 2.45) is 5.92 Å². The Labute approximate surface area is 170 Å². The van der Waals surface area contributed by atoms with E-state index in [4.69, 9.17) is 0 Å². The van der Waals surface area contributed by atoms with Crippen LogP contribution in [0.15, 0.2) is 24.7 Å². The van der Waals surface area contributed by atoms with E-state index < -0.39 is 29.1 Å². The average molecular weight is 417 g/mol. The van der Waals surface area contributed by atoms with Crippen molar-refractivity contribution >= 4 is 22.8 Å². The molecule has 30 heavy (non-hydrogen) atoms. The van der Waals surface area contributed by atoms with Crippen LogP contribution in [0.2, 0.25) is 0 Å². The van der Waals surface area contributed by atoms with E-state index in [0.717, 1.165) is 12.4 Å². The second-order valence-electron chi connectivity index (χ2n) is 7.74. The first-order chi connectivity index (χ1) is 14.3. The van der Waals surface area contributed by atoms with Gasteiger partial charge in [0.2, 0.25) is 0 Å². The molecule has 3 aromatic heterocycles. The molecule has 0 bridgehead atoms. The SMILES string of the molecule is CC(C(=O)O)C1(O)CCCC(Nc2nc(-c3c[nH]c4ncc(F)cc34)ncc2F)C1. The molecule has 1 aliphatic carbocycles. The third kappa shape index (κ3) is 3.70. The van der Waals surface area contributed by atoms with Gasteiger partial charge in [0, 0.05) is 23.2 Å². The van der Waals surface area contributed by atoms with Crippen molar-refractivity contribution in [1.29, 1.82) is 0 Å². The molecule has 0 spiro atoms. The largest absolute Gasteiger partial charge is 0.481 e. The number of aromatic nitrogens is 4. The van der Waals surface area contributed by atoms with E-state index in [9.17, 15) is 23.8 Å². The first-order valence-corrected chi connectivity index (χ1v) is 9.64. The Balaban J connectivity index is 1.61. The number of halogens is 2. The van der Waals surface area contributed by atoms with Crippen LogP contribution in [0.5, 0.6) is 0 Å². The summed E-state index contributed by atoms with van der Waals surface area (Å²) in [7, 11) is 0. The van der Waals surface area contributed by atoms with Crippen molar-refractivity contribution in [2.75, 3.05) is 5.32 Å². The third-order valence-corrected chi connectivity index (χ3v) is 5.76. The minimum absolute atomic E-state index is 0.0593. The molecule has 158 valence electrons. The number of aromatic amines is 1. The van der Waals surface area contributed by atoms with Gasteiger partial charge in [0.05, 0.1) is 23.9 Å². The van der Waals surface area contributed by atoms with Crippen LogP contribution in [0.1, 0.15) is 32.6 Å². The van der Waals surface area contributed by atoms with Gasteiger partial charge in [-0.1, -0.05) is 0 Å². The van der Waals surface area contributed by atoms with E-state index in [-0.39, 0.29) is 24.1 Å². The zero-order valence-corrected chi connectivity index (χ0v) is 16.2. The van der Waals surface area contributed by atoms with Gasteiger partial charge in [-0.15, -0.1) is 0 Å². The summed E-state index contributed by atoms with van der Waals surface area (Å²) in [6, 6.07) is 0.938. The van der Waals surface area contributed by atoms with E-state index >= 15 is 0 Å². The molecule has 4 N–H and O–H groups in total. The molecule has 0 radical (unpaired) electrons. The lowest BCUT2D eigenvalue weighted by atomic mass is 9.74. The number of carboxylic acids is 1. The summed E-state index contributed by atoms with van der Waals surface area (Å²) in [4.78, 5) is 26.5. The predicted octanol–water partition coefficient (Wildman–Crippen LogP) is 3.10. The number of rotatable bonds is 5. The van der Waals surface area contributed by atoms with Crippen molar-refractivity contribution in [3.05, 3.63) is 36.3 Å². The highest BCUT2D eigenvalue weighted by Crippen LogP contribution is 2.36. The maximum atomic E-state index is 14.4. The van der Waals surface area contributed by atoms with Crippen molar-refractivity contribution in [1.82, 2.24) is 19.9 Å². The molecule has 3 heterocycles. The number of hydrogen-bond donors (Lipinski definition) is 4. The molecule has 8 nitrogen and oxygen atoms in total. The van der Waals surface area contributed by atoms with Gasteiger partial charge < -0.3 is 20.5 Å². The fourth-order valence-corrected chi connectivity index (χ4v) is 3.99. The van der Waals surface area contributed by atoms with Crippen molar-refractivity contribution in [2.45, 2.75) is 44.2 Å². The summed E-state index contributed by atoms with van der Waals surface area (Å²) < 4.78 is 28.0. The Hall–Kier alpha value is -3.14. The highest BCUT2D eigenvalue weighted by atomic mass is 19.1. The summed E-state index contributed by atoms with van der Waals surface area (Å²) in [5.41, 5.74) is -0.456. The van der Waals surface area contributed by atoms with E-state index in [1.165, 1.54) is 13.0 Å². The molecule has 3 unspecified atom stereocenters. The number of carboxylic acid groups (broad SMARTS) is 1. The Morgan fingerprint density at radius 1 is 1.37 bits per heavy atom. The van der Waals surface area contributed by atoms with Gasteiger partial charge in [-0.25, -0.2) is 23.7 Å².